The summed E-state index contributed by atoms with van der Waals surface area (Å²) in [5, 5.41) is 0. The second-order valence-electron chi connectivity index (χ2n) is 8.08. The highest BCUT2D eigenvalue weighted by Gasteiger charge is 2.45. The van der Waals surface area contributed by atoms with Gasteiger partial charge in [0.2, 0.25) is 0 Å². The van der Waals surface area contributed by atoms with E-state index in [4.69, 9.17) is 14.2 Å². The lowest BCUT2D eigenvalue weighted by Gasteiger charge is -2.43. The molecule has 0 radical (unpaired) electrons. The number of hydrogen-bond donors (Lipinski definition) is 0. The van der Waals surface area contributed by atoms with Crippen molar-refractivity contribution in [1.82, 2.24) is 9.88 Å². The smallest absolute Gasteiger partial charge is 0.137 e. The molecule has 3 fully saturated rings. The number of likely N-dealkylation sites (tertiary alicyclic amines) is 1. The van der Waals surface area contributed by atoms with Gasteiger partial charge >= 0.3 is 0 Å². The maximum absolute atomic E-state index is 6.32. The number of nitrogens with zero attached hydrogens (tertiary/aromatic N) is 2. The van der Waals surface area contributed by atoms with Crippen LogP contribution >= 0.6 is 0 Å². The lowest BCUT2D eigenvalue weighted by Crippen LogP contribution is -2.49. The van der Waals surface area contributed by atoms with Gasteiger partial charge in [-0.3, -0.25) is 4.98 Å². The monoisotopic (exact) mass is 360 g/mol. The zero-order chi connectivity index (χ0) is 17.7. The van der Waals surface area contributed by atoms with E-state index < -0.39 is 0 Å². The molecule has 0 saturated carbocycles. The molecule has 1 atom stereocenters. The molecule has 3 aliphatic rings. The van der Waals surface area contributed by atoms with E-state index >= 15 is 0 Å². The van der Waals surface area contributed by atoms with Gasteiger partial charge in [0.1, 0.15) is 5.75 Å². The van der Waals surface area contributed by atoms with Crippen molar-refractivity contribution in [2.45, 2.75) is 44.1 Å². The summed E-state index contributed by atoms with van der Waals surface area (Å²) in [6, 6.07) is 3.90. The highest BCUT2D eigenvalue weighted by Crippen LogP contribution is 2.42. The Labute approximate surface area is 157 Å². The molecule has 4 heterocycles. The van der Waals surface area contributed by atoms with Crippen molar-refractivity contribution in [3.63, 3.8) is 0 Å². The average Bonchev–Trinajstić information content (AvgIpc) is 3.08. The van der Waals surface area contributed by atoms with Crippen LogP contribution in [0.5, 0.6) is 5.75 Å². The largest absolute Gasteiger partial charge is 0.492 e. The zero-order valence-electron chi connectivity index (χ0n) is 15.8. The van der Waals surface area contributed by atoms with E-state index in [2.05, 4.69) is 9.88 Å². The maximum atomic E-state index is 6.32. The van der Waals surface area contributed by atoms with Gasteiger partial charge in [-0.15, -0.1) is 0 Å². The lowest BCUT2D eigenvalue weighted by atomic mass is 9.78. The van der Waals surface area contributed by atoms with Crippen molar-refractivity contribution in [2.24, 2.45) is 11.8 Å². The fourth-order valence-corrected chi connectivity index (χ4v) is 4.91. The van der Waals surface area contributed by atoms with E-state index in [1.165, 1.54) is 51.7 Å². The Morgan fingerprint density at radius 2 is 2.00 bits per heavy atom. The third-order valence-corrected chi connectivity index (χ3v) is 6.53. The molecule has 3 aliphatic heterocycles. The zero-order valence-corrected chi connectivity index (χ0v) is 15.8. The fourth-order valence-electron chi connectivity index (χ4n) is 4.91. The molecule has 5 nitrogen and oxygen atoms in total. The van der Waals surface area contributed by atoms with Gasteiger partial charge in [0.05, 0.1) is 18.4 Å². The summed E-state index contributed by atoms with van der Waals surface area (Å²) in [4.78, 5) is 6.77. The van der Waals surface area contributed by atoms with E-state index in [9.17, 15) is 0 Å². The lowest BCUT2D eigenvalue weighted by molar-refractivity contribution is -0.0733. The number of pyridine rings is 1. The van der Waals surface area contributed by atoms with E-state index in [1.54, 1.807) is 12.4 Å². The highest BCUT2D eigenvalue weighted by atomic mass is 16.5. The molecular weight excluding hydrogens is 328 g/mol. The first-order valence-corrected chi connectivity index (χ1v) is 10.3. The molecule has 0 aromatic carbocycles. The van der Waals surface area contributed by atoms with Crippen LogP contribution in [0.1, 0.15) is 38.5 Å². The minimum Gasteiger partial charge on any atom is -0.492 e. The predicted molar refractivity (Wildman–Crippen MR) is 100 cm³/mol. The topological polar surface area (TPSA) is 43.8 Å². The van der Waals surface area contributed by atoms with Gasteiger partial charge < -0.3 is 19.1 Å². The Bertz CT molecular complexity index is 539. The van der Waals surface area contributed by atoms with Crippen molar-refractivity contribution in [2.75, 3.05) is 46.1 Å². The minimum atomic E-state index is 0.102. The van der Waals surface area contributed by atoms with Crippen LogP contribution in [0.25, 0.3) is 0 Å². The average molecular weight is 360 g/mol. The van der Waals surface area contributed by atoms with Gasteiger partial charge in [0, 0.05) is 45.7 Å². The molecule has 26 heavy (non-hydrogen) atoms. The summed E-state index contributed by atoms with van der Waals surface area (Å²) >= 11 is 0. The van der Waals surface area contributed by atoms with Gasteiger partial charge in [0.15, 0.2) is 0 Å². The van der Waals surface area contributed by atoms with Crippen LogP contribution in [0.2, 0.25) is 0 Å². The SMILES string of the molecule is c1cncc(OCCC2CCOC23CCN(CC2CCOCC2)CC3)c1. The summed E-state index contributed by atoms with van der Waals surface area (Å²) in [6.07, 6.45) is 10.6. The number of hydrogen-bond acceptors (Lipinski definition) is 5. The molecule has 0 aliphatic carbocycles. The minimum absolute atomic E-state index is 0.102. The van der Waals surface area contributed by atoms with Gasteiger partial charge in [-0.1, -0.05) is 0 Å². The van der Waals surface area contributed by atoms with E-state index in [0.29, 0.717) is 5.92 Å². The molecule has 4 rings (SSSR count). The molecule has 5 heteroatoms. The molecular formula is C21H32N2O3. The quantitative estimate of drug-likeness (QED) is 0.780. The molecule has 0 bridgehead atoms. The van der Waals surface area contributed by atoms with Gasteiger partial charge in [-0.2, -0.15) is 0 Å². The number of piperidine rings is 1. The maximum Gasteiger partial charge on any atom is 0.137 e. The first kappa shape index (κ1) is 18.2. The standard InChI is InChI=1S/C21H32N2O3/c1-2-20(16-22-9-1)25-14-5-19-6-15-26-21(19)7-10-23(11-8-21)17-18-3-12-24-13-4-18/h1-2,9,16,18-19H,3-8,10-15,17H2. The van der Waals surface area contributed by atoms with Crippen molar-refractivity contribution < 1.29 is 14.2 Å². The summed E-state index contributed by atoms with van der Waals surface area (Å²) in [5.74, 6) is 2.32. The van der Waals surface area contributed by atoms with Crippen molar-refractivity contribution in [1.29, 1.82) is 0 Å². The summed E-state index contributed by atoms with van der Waals surface area (Å²) < 4.78 is 17.7. The number of aromatic nitrogens is 1. The van der Waals surface area contributed by atoms with Crippen molar-refractivity contribution >= 4 is 0 Å². The third kappa shape index (κ3) is 4.38. The Morgan fingerprint density at radius 3 is 2.77 bits per heavy atom. The molecule has 0 amide bonds. The van der Waals surface area contributed by atoms with Gasteiger partial charge in [-0.05, 0) is 62.5 Å². The summed E-state index contributed by atoms with van der Waals surface area (Å²) in [6.45, 7) is 7.17. The Morgan fingerprint density at radius 1 is 1.15 bits per heavy atom. The van der Waals surface area contributed by atoms with Gasteiger partial charge in [0.25, 0.3) is 0 Å². The number of rotatable bonds is 6. The third-order valence-electron chi connectivity index (χ3n) is 6.53. The van der Waals surface area contributed by atoms with Crippen LogP contribution in [-0.2, 0) is 9.47 Å². The van der Waals surface area contributed by atoms with Crippen LogP contribution in [0, 0.1) is 11.8 Å². The predicted octanol–water partition coefficient (Wildman–Crippen LogP) is 3.15. The van der Waals surface area contributed by atoms with E-state index in [-0.39, 0.29) is 5.60 Å². The molecule has 1 aromatic heterocycles. The first-order chi connectivity index (χ1) is 12.8. The first-order valence-electron chi connectivity index (χ1n) is 10.3. The van der Waals surface area contributed by atoms with Crippen LogP contribution < -0.4 is 4.74 Å². The molecule has 0 N–H and O–H groups in total. The highest BCUT2D eigenvalue weighted by molar-refractivity contribution is 5.15. The number of ether oxygens (including phenoxy) is 3. The normalized spacial score (nSPS) is 27.0. The van der Waals surface area contributed by atoms with Gasteiger partial charge in [-0.25, -0.2) is 0 Å². The fraction of sp³-hybridized carbons (Fsp3) is 0.762. The van der Waals surface area contributed by atoms with E-state index in [0.717, 1.165) is 44.5 Å². The van der Waals surface area contributed by atoms with Crippen LogP contribution in [0.4, 0.5) is 0 Å². The molecule has 144 valence electrons. The Kier molecular flexibility index (Phi) is 6.08. The molecule has 1 aromatic rings. The van der Waals surface area contributed by atoms with Crippen molar-refractivity contribution in [3.05, 3.63) is 24.5 Å². The van der Waals surface area contributed by atoms with E-state index in [1.807, 2.05) is 12.1 Å². The second kappa shape index (κ2) is 8.68. The Hall–Kier alpha value is -1.17. The van der Waals surface area contributed by atoms with Crippen molar-refractivity contribution in [3.8, 4) is 5.75 Å². The molecule has 1 unspecified atom stereocenters. The molecule has 1 spiro atoms. The molecule has 3 saturated heterocycles. The second-order valence-corrected chi connectivity index (χ2v) is 8.08. The summed E-state index contributed by atoms with van der Waals surface area (Å²) in [5.41, 5.74) is 0.102. The summed E-state index contributed by atoms with van der Waals surface area (Å²) in [7, 11) is 0. The van der Waals surface area contributed by atoms with Crippen LogP contribution in [0.3, 0.4) is 0 Å². The Balaban J connectivity index is 1.24. The van der Waals surface area contributed by atoms with Crippen LogP contribution in [0.15, 0.2) is 24.5 Å². The van der Waals surface area contributed by atoms with Crippen LogP contribution in [-0.4, -0.2) is 61.5 Å².